The second-order valence-electron chi connectivity index (χ2n) is 3.11. The van der Waals surface area contributed by atoms with Gasteiger partial charge in [-0.15, -0.1) is 0 Å². The molecule has 0 fully saturated rings. The van der Waals surface area contributed by atoms with E-state index in [1.807, 2.05) is 0 Å². The smallest absolute Gasteiger partial charge is 0.488 e. The molecule has 0 saturated carbocycles. The number of hydrogen-bond acceptors (Lipinski definition) is 5. The lowest BCUT2D eigenvalue weighted by atomic mass is 9.79. The highest BCUT2D eigenvalue weighted by Crippen LogP contribution is 2.13. The van der Waals surface area contributed by atoms with Gasteiger partial charge >= 0.3 is 7.12 Å². The van der Waals surface area contributed by atoms with E-state index in [0.717, 1.165) is 0 Å². The number of ether oxygens (including phenoxy) is 1. The van der Waals surface area contributed by atoms with E-state index in [1.165, 1.54) is 19.4 Å². The van der Waals surface area contributed by atoms with E-state index in [0.29, 0.717) is 16.8 Å². The lowest BCUT2D eigenvalue weighted by Gasteiger charge is -2.07. The zero-order valence-corrected chi connectivity index (χ0v) is 9.94. The minimum atomic E-state index is -1.54. The van der Waals surface area contributed by atoms with Crippen molar-refractivity contribution in [2.75, 3.05) is 7.11 Å². The SMILES string of the molecule is COc1ccc(B(O)O)cc1C=NNC(N)=S. The topological polar surface area (TPSA) is 100 Å². The van der Waals surface area contributed by atoms with E-state index in [-0.39, 0.29) is 5.11 Å². The third-order valence-corrected chi connectivity index (χ3v) is 2.02. The summed E-state index contributed by atoms with van der Waals surface area (Å²) in [4.78, 5) is 0. The number of hydrogen-bond donors (Lipinski definition) is 4. The molecule has 0 atom stereocenters. The average Bonchev–Trinajstić information content (AvgIpc) is 2.28. The van der Waals surface area contributed by atoms with Gasteiger partial charge in [-0.25, -0.2) is 0 Å². The maximum atomic E-state index is 9.04. The molecule has 17 heavy (non-hydrogen) atoms. The van der Waals surface area contributed by atoms with Crippen LogP contribution in [0.4, 0.5) is 0 Å². The highest BCUT2D eigenvalue weighted by molar-refractivity contribution is 7.80. The highest BCUT2D eigenvalue weighted by atomic mass is 32.1. The second kappa shape index (κ2) is 6.19. The lowest BCUT2D eigenvalue weighted by molar-refractivity contribution is 0.413. The van der Waals surface area contributed by atoms with Crippen molar-refractivity contribution in [2.24, 2.45) is 10.8 Å². The van der Waals surface area contributed by atoms with Crippen molar-refractivity contribution in [3.05, 3.63) is 23.8 Å². The van der Waals surface area contributed by atoms with Crippen LogP contribution in [0.2, 0.25) is 0 Å². The molecule has 0 aliphatic carbocycles. The van der Waals surface area contributed by atoms with E-state index in [1.54, 1.807) is 12.1 Å². The van der Waals surface area contributed by atoms with Gasteiger partial charge in [0.05, 0.1) is 13.3 Å². The summed E-state index contributed by atoms with van der Waals surface area (Å²) < 4.78 is 5.09. The third kappa shape index (κ3) is 4.02. The minimum absolute atomic E-state index is 0.0403. The quantitative estimate of drug-likeness (QED) is 0.226. The summed E-state index contributed by atoms with van der Waals surface area (Å²) in [5.74, 6) is 0.544. The van der Waals surface area contributed by atoms with Crippen LogP contribution in [-0.4, -0.2) is 35.6 Å². The Morgan fingerprint density at radius 1 is 1.59 bits per heavy atom. The average molecular weight is 253 g/mol. The van der Waals surface area contributed by atoms with E-state index in [9.17, 15) is 0 Å². The fraction of sp³-hybridized carbons (Fsp3) is 0.111. The number of nitrogens with zero attached hydrogens (tertiary/aromatic N) is 1. The van der Waals surface area contributed by atoms with Crippen LogP contribution in [0.1, 0.15) is 5.56 Å². The van der Waals surface area contributed by atoms with Gasteiger partial charge in [0.2, 0.25) is 0 Å². The monoisotopic (exact) mass is 253 g/mol. The molecule has 90 valence electrons. The summed E-state index contributed by atoms with van der Waals surface area (Å²) in [5.41, 5.74) is 8.50. The predicted octanol–water partition coefficient (Wildman–Crippen LogP) is -1.46. The van der Waals surface area contributed by atoms with Crippen LogP contribution in [0.5, 0.6) is 5.75 Å². The molecule has 1 aromatic carbocycles. The molecule has 0 amide bonds. The van der Waals surface area contributed by atoms with Gasteiger partial charge in [0.25, 0.3) is 0 Å². The lowest BCUT2D eigenvalue weighted by Crippen LogP contribution is -2.30. The first-order valence-electron chi connectivity index (χ1n) is 4.67. The molecule has 0 heterocycles. The first-order chi connectivity index (χ1) is 8.04. The highest BCUT2D eigenvalue weighted by Gasteiger charge is 2.12. The minimum Gasteiger partial charge on any atom is -0.496 e. The molecule has 6 nitrogen and oxygen atoms in total. The summed E-state index contributed by atoms with van der Waals surface area (Å²) in [6.07, 6.45) is 1.42. The van der Waals surface area contributed by atoms with E-state index in [4.69, 9.17) is 20.5 Å². The molecule has 0 radical (unpaired) electrons. The van der Waals surface area contributed by atoms with Crippen LogP contribution in [0, 0.1) is 0 Å². The molecule has 0 spiro atoms. The van der Waals surface area contributed by atoms with Gasteiger partial charge in [-0.3, -0.25) is 5.43 Å². The number of rotatable bonds is 4. The summed E-state index contributed by atoms with van der Waals surface area (Å²) in [7, 11) is -0.0421. The molecular formula is C9H12BN3O3S. The molecule has 0 aliphatic heterocycles. The van der Waals surface area contributed by atoms with Crippen molar-refractivity contribution in [3.63, 3.8) is 0 Å². The molecule has 5 N–H and O–H groups in total. The Kier molecular flexibility index (Phi) is 4.89. The maximum Gasteiger partial charge on any atom is 0.488 e. The van der Waals surface area contributed by atoms with Crippen LogP contribution in [0.25, 0.3) is 0 Å². The molecule has 0 unspecified atom stereocenters. The maximum absolute atomic E-state index is 9.04. The number of thiocarbonyl (C=S) groups is 1. The number of benzene rings is 1. The molecular weight excluding hydrogens is 241 g/mol. The van der Waals surface area contributed by atoms with Crippen LogP contribution in [0.15, 0.2) is 23.3 Å². The van der Waals surface area contributed by atoms with Crippen molar-refractivity contribution in [1.82, 2.24) is 5.43 Å². The summed E-state index contributed by atoms with van der Waals surface area (Å²) in [6, 6.07) is 4.69. The van der Waals surface area contributed by atoms with Gasteiger partial charge < -0.3 is 20.5 Å². The molecule has 0 saturated heterocycles. The van der Waals surface area contributed by atoms with Gasteiger partial charge in [0.15, 0.2) is 5.11 Å². The summed E-state index contributed by atoms with van der Waals surface area (Å²) >= 11 is 4.58. The van der Waals surface area contributed by atoms with Gasteiger partial charge in [0.1, 0.15) is 5.75 Å². The fourth-order valence-electron chi connectivity index (χ4n) is 1.18. The van der Waals surface area contributed by atoms with Crippen LogP contribution in [0.3, 0.4) is 0 Å². The normalized spacial score (nSPS) is 10.3. The third-order valence-electron chi connectivity index (χ3n) is 1.93. The van der Waals surface area contributed by atoms with Gasteiger partial charge in [-0.2, -0.15) is 5.10 Å². The molecule has 0 aromatic heterocycles. The first kappa shape index (κ1) is 13.4. The van der Waals surface area contributed by atoms with E-state index >= 15 is 0 Å². The van der Waals surface area contributed by atoms with E-state index < -0.39 is 7.12 Å². The number of nitrogens with one attached hydrogen (secondary N) is 1. The predicted molar refractivity (Wildman–Crippen MR) is 70.3 cm³/mol. The molecule has 0 aliphatic rings. The van der Waals surface area contributed by atoms with Crippen molar-refractivity contribution in [2.45, 2.75) is 0 Å². The molecule has 1 aromatic rings. The Bertz CT molecular complexity index is 439. The van der Waals surface area contributed by atoms with Crippen LogP contribution in [-0.2, 0) is 0 Å². The Hall–Kier alpha value is -1.64. The molecule has 8 heteroatoms. The first-order valence-corrected chi connectivity index (χ1v) is 5.08. The van der Waals surface area contributed by atoms with Crippen molar-refractivity contribution in [3.8, 4) is 5.75 Å². The molecule has 1 rings (SSSR count). The zero-order valence-electron chi connectivity index (χ0n) is 9.12. The van der Waals surface area contributed by atoms with Crippen molar-refractivity contribution in [1.29, 1.82) is 0 Å². The van der Waals surface area contributed by atoms with E-state index in [2.05, 4.69) is 22.7 Å². The van der Waals surface area contributed by atoms with Crippen LogP contribution < -0.4 is 21.4 Å². The van der Waals surface area contributed by atoms with Crippen molar-refractivity contribution >= 4 is 36.1 Å². The van der Waals surface area contributed by atoms with Gasteiger partial charge in [0, 0.05) is 5.56 Å². The second-order valence-corrected chi connectivity index (χ2v) is 3.55. The largest absolute Gasteiger partial charge is 0.496 e. The fourth-order valence-corrected chi connectivity index (χ4v) is 1.23. The Labute approximate surface area is 104 Å². The molecule has 0 bridgehead atoms. The Morgan fingerprint density at radius 3 is 2.82 bits per heavy atom. The number of nitrogens with two attached hydrogens (primary N) is 1. The number of hydrazone groups is 1. The Balaban J connectivity index is 2.97. The van der Waals surface area contributed by atoms with Gasteiger partial charge in [-0.1, -0.05) is 6.07 Å². The van der Waals surface area contributed by atoms with Crippen LogP contribution >= 0.6 is 12.2 Å². The standard InChI is InChI=1S/C9H12BN3O3S/c1-16-8-3-2-7(10(14)15)4-6(8)5-12-13-9(11)17/h2-5,14-15H,1H3,(H3,11,13,17). The number of methoxy groups -OCH3 is 1. The van der Waals surface area contributed by atoms with Gasteiger partial charge in [-0.05, 0) is 29.8 Å². The van der Waals surface area contributed by atoms with Crippen molar-refractivity contribution < 1.29 is 14.8 Å². The zero-order chi connectivity index (χ0) is 12.8. The summed E-state index contributed by atoms with van der Waals surface area (Å²) in [6.45, 7) is 0. The Morgan fingerprint density at radius 2 is 2.29 bits per heavy atom. The summed E-state index contributed by atoms with van der Waals surface area (Å²) in [5, 5.41) is 21.9.